The molecular formula is C10H24N2O2. The van der Waals surface area contributed by atoms with Gasteiger partial charge in [-0.15, -0.1) is 0 Å². The molecule has 0 atom stereocenters. The van der Waals surface area contributed by atoms with E-state index in [1.165, 1.54) is 0 Å². The zero-order valence-electron chi connectivity index (χ0n) is 10.2. The van der Waals surface area contributed by atoms with Gasteiger partial charge in [-0.3, -0.25) is 9.59 Å². The molecule has 0 rings (SSSR count). The highest BCUT2D eigenvalue weighted by atomic mass is 16.1. The SMILES string of the molecule is CC.CC(C)C(N)=O.CCC(=O)NC. The summed E-state index contributed by atoms with van der Waals surface area (Å²) in [7, 11) is 1.63. The molecule has 0 unspecified atom stereocenters. The predicted octanol–water partition coefficient (Wildman–Crippen LogP) is 1.30. The Hall–Kier alpha value is -1.06. The van der Waals surface area contributed by atoms with Crippen LogP contribution in [0.25, 0.3) is 0 Å². The molecule has 0 saturated carbocycles. The Labute approximate surface area is 87.2 Å². The second kappa shape index (κ2) is 14.5. The van der Waals surface area contributed by atoms with Crippen molar-refractivity contribution < 1.29 is 9.59 Å². The summed E-state index contributed by atoms with van der Waals surface area (Å²) in [6.45, 7) is 9.35. The van der Waals surface area contributed by atoms with Crippen LogP contribution in [0.3, 0.4) is 0 Å². The number of primary amides is 1. The molecule has 3 N–H and O–H groups in total. The first-order valence-corrected chi connectivity index (χ1v) is 4.95. The van der Waals surface area contributed by atoms with Crippen LogP contribution in [0.15, 0.2) is 0 Å². The van der Waals surface area contributed by atoms with Crippen LogP contribution in [-0.2, 0) is 9.59 Å². The zero-order chi connectivity index (χ0) is 12.1. The average Bonchev–Trinajstić information content (AvgIpc) is 2.20. The van der Waals surface area contributed by atoms with Crippen molar-refractivity contribution in [3.05, 3.63) is 0 Å². The molecule has 0 aliphatic carbocycles. The number of carbonyl (C=O) groups excluding carboxylic acids is 2. The van der Waals surface area contributed by atoms with Gasteiger partial charge in [0.25, 0.3) is 0 Å². The summed E-state index contributed by atoms with van der Waals surface area (Å²) in [6.07, 6.45) is 0.580. The molecular weight excluding hydrogens is 180 g/mol. The molecule has 0 aromatic heterocycles. The van der Waals surface area contributed by atoms with Gasteiger partial charge in [0, 0.05) is 19.4 Å². The van der Waals surface area contributed by atoms with E-state index in [-0.39, 0.29) is 17.7 Å². The van der Waals surface area contributed by atoms with Crippen molar-refractivity contribution in [1.29, 1.82) is 0 Å². The van der Waals surface area contributed by atoms with Crippen LogP contribution in [0.5, 0.6) is 0 Å². The maximum Gasteiger partial charge on any atom is 0.219 e. The first kappa shape index (κ1) is 18.7. The third-order valence-electron chi connectivity index (χ3n) is 1.17. The molecule has 0 spiro atoms. The lowest BCUT2D eigenvalue weighted by molar-refractivity contribution is -0.121. The molecule has 0 heterocycles. The Morgan fingerprint density at radius 2 is 1.57 bits per heavy atom. The summed E-state index contributed by atoms with van der Waals surface area (Å²) in [5.41, 5.74) is 4.80. The lowest BCUT2D eigenvalue weighted by atomic mass is 10.2. The lowest BCUT2D eigenvalue weighted by Crippen LogP contribution is -2.17. The van der Waals surface area contributed by atoms with Crippen LogP contribution < -0.4 is 11.1 Å². The Bertz CT molecular complexity index is 137. The Morgan fingerprint density at radius 1 is 1.29 bits per heavy atom. The molecule has 4 nitrogen and oxygen atoms in total. The molecule has 2 amide bonds. The minimum Gasteiger partial charge on any atom is -0.369 e. The van der Waals surface area contributed by atoms with Gasteiger partial charge in [0.2, 0.25) is 11.8 Å². The first-order chi connectivity index (χ1) is 6.45. The van der Waals surface area contributed by atoms with E-state index in [2.05, 4.69) is 5.32 Å². The molecule has 0 aromatic carbocycles. The maximum absolute atomic E-state index is 10.1. The Morgan fingerprint density at radius 3 is 1.57 bits per heavy atom. The van der Waals surface area contributed by atoms with Gasteiger partial charge in [-0.25, -0.2) is 0 Å². The molecule has 0 aromatic rings. The molecule has 0 saturated heterocycles. The topological polar surface area (TPSA) is 72.2 Å². The van der Waals surface area contributed by atoms with Crippen molar-refractivity contribution in [1.82, 2.24) is 5.32 Å². The highest BCUT2D eigenvalue weighted by Crippen LogP contribution is 1.84. The van der Waals surface area contributed by atoms with Gasteiger partial charge in [-0.2, -0.15) is 0 Å². The Balaban J connectivity index is -0.000000147. The summed E-state index contributed by atoms with van der Waals surface area (Å²) in [5.74, 6) is -0.157. The third-order valence-corrected chi connectivity index (χ3v) is 1.17. The number of hydrogen-bond acceptors (Lipinski definition) is 2. The summed E-state index contributed by atoms with van der Waals surface area (Å²) in [6, 6.07) is 0. The number of carbonyl (C=O) groups is 2. The van der Waals surface area contributed by atoms with E-state index in [0.717, 1.165) is 0 Å². The highest BCUT2D eigenvalue weighted by molar-refractivity contribution is 5.75. The third kappa shape index (κ3) is 22.4. The van der Waals surface area contributed by atoms with Gasteiger partial charge >= 0.3 is 0 Å². The van der Waals surface area contributed by atoms with Crippen molar-refractivity contribution in [3.8, 4) is 0 Å². The van der Waals surface area contributed by atoms with Gasteiger partial charge < -0.3 is 11.1 Å². The molecule has 0 aliphatic heterocycles. The number of rotatable bonds is 2. The van der Waals surface area contributed by atoms with E-state index >= 15 is 0 Å². The number of nitrogens with two attached hydrogens (primary N) is 1. The van der Waals surface area contributed by atoms with Gasteiger partial charge in [0.15, 0.2) is 0 Å². The van der Waals surface area contributed by atoms with Crippen LogP contribution in [0.1, 0.15) is 41.0 Å². The zero-order valence-corrected chi connectivity index (χ0v) is 10.2. The van der Waals surface area contributed by atoms with Crippen LogP contribution >= 0.6 is 0 Å². The van der Waals surface area contributed by atoms with Crippen LogP contribution in [0.2, 0.25) is 0 Å². The molecule has 0 fully saturated rings. The van der Waals surface area contributed by atoms with Crippen molar-refractivity contribution >= 4 is 11.8 Å². The minimum absolute atomic E-state index is 0.00926. The quantitative estimate of drug-likeness (QED) is 0.711. The van der Waals surface area contributed by atoms with Crippen LogP contribution in [0, 0.1) is 5.92 Å². The monoisotopic (exact) mass is 204 g/mol. The summed E-state index contributed by atoms with van der Waals surface area (Å²) >= 11 is 0. The fraction of sp³-hybridized carbons (Fsp3) is 0.800. The fourth-order valence-corrected chi connectivity index (χ4v) is 0.177. The van der Waals surface area contributed by atoms with Gasteiger partial charge in [-0.05, 0) is 0 Å². The average molecular weight is 204 g/mol. The van der Waals surface area contributed by atoms with Crippen molar-refractivity contribution in [3.63, 3.8) is 0 Å². The van der Waals surface area contributed by atoms with E-state index in [1.54, 1.807) is 20.9 Å². The minimum atomic E-state index is -0.241. The van der Waals surface area contributed by atoms with Gasteiger partial charge in [0.05, 0.1) is 0 Å². The van der Waals surface area contributed by atoms with Gasteiger partial charge in [0.1, 0.15) is 0 Å². The normalized spacial score (nSPS) is 7.64. The van der Waals surface area contributed by atoms with Crippen molar-refractivity contribution in [2.75, 3.05) is 7.05 Å². The van der Waals surface area contributed by atoms with E-state index in [0.29, 0.717) is 6.42 Å². The van der Waals surface area contributed by atoms with Gasteiger partial charge in [-0.1, -0.05) is 34.6 Å². The van der Waals surface area contributed by atoms with Crippen molar-refractivity contribution in [2.45, 2.75) is 41.0 Å². The first-order valence-electron chi connectivity index (χ1n) is 4.95. The lowest BCUT2D eigenvalue weighted by Gasteiger charge is -1.90. The standard InChI is InChI=1S/2C4H9NO.C2H6/c1-3-4(6)5-2;1-3(2)4(5)6;1-2/h3H2,1-2H3,(H,5,6);3H,1-2H3,(H2,5,6);1-2H3. The van der Waals surface area contributed by atoms with Crippen molar-refractivity contribution in [2.24, 2.45) is 11.7 Å². The van der Waals surface area contributed by atoms with E-state index in [9.17, 15) is 9.59 Å². The largest absolute Gasteiger partial charge is 0.369 e. The summed E-state index contributed by atoms with van der Waals surface area (Å²) < 4.78 is 0. The molecule has 0 radical (unpaired) electrons. The van der Waals surface area contributed by atoms with E-state index in [4.69, 9.17) is 5.73 Å². The predicted molar refractivity (Wildman–Crippen MR) is 59.7 cm³/mol. The van der Waals surface area contributed by atoms with Crippen LogP contribution in [0.4, 0.5) is 0 Å². The highest BCUT2D eigenvalue weighted by Gasteiger charge is 1.96. The number of hydrogen-bond donors (Lipinski definition) is 2. The molecule has 0 bridgehead atoms. The summed E-state index contributed by atoms with van der Waals surface area (Å²) in [4.78, 5) is 20.0. The Kier molecular flexibility index (Phi) is 19.3. The summed E-state index contributed by atoms with van der Waals surface area (Å²) in [5, 5.41) is 2.48. The van der Waals surface area contributed by atoms with E-state index in [1.807, 2.05) is 20.8 Å². The number of amides is 2. The van der Waals surface area contributed by atoms with E-state index < -0.39 is 0 Å². The second-order valence-corrected chi connectivity index (χ2v) is 2.58. The molecule has 4 heteroatoms. The number of nitrogens with one attached hydrogen (secondary N) is 1. The molecule has 0 aliphatic rings. The smallest absolute Gasteiger partial charge is 0.219 e. The molecule has 86 valence electrons. The fourth-order valence-electron chi connectivity index (χ4n) is 0.177. The second-order valence-electron chi connectivity index (χ2n) is 2.58. The maximum atomic E-state index is 10.1. The molecule has 14 heavy (non-hydrogen) atoms. The van der Waals surface area contributed by atoms with Crippen LogP contribution in [-0.4, -0.2) is 18.9 Å².